The van der Waals surface area contributed by atoms with Gasteiger partial charge in [-0.25, -0.2) is 9.97 Å². The molecular formula is C12H14BrN3O. The highest BCUT2D eigenvalue weighted by Gasteiger charge is 2.17. The van der Waals surface area contributed by atoms with Crippen LogP contribution in [0.15, 0.2) is 39.9 Å². The van der Waals surface area contributed by atoms with E-state index >= 15 is 0 Å². The maximum Gasteiger partial charge on any atom is 0.169 e. The minimum atomic E-state index is 0.00227. The van der Waals surface area contributed by atoms with Crippen LogP contribution in [0.4, 0.5) is 0 Å². The number of rotatable bonds is 5. The van der Waals surface area contributed by atoms with Crippen LogP contribution in [0, 0.1) is 0 Å². The molecule has 0 spiro atoms. The Hall–Kier alpha value is -1.20. The van der Waals surface area contributed by atoms with E-state index < -0.39 is 0 Å². The van der Waals surface area contributed by atoms with Crippen LogP contribution in [0.25, 0.3) is 0 Å². The molecule has 2 rings (SSSR count). The van der Waals surface area contributed by atoms with Gasteiger partial charge in [0.15, 0.2) is 4.67 Å². The van der Waals surface area contributed by atoms with Gasteiger partial charge in [-0.1, -0.05) is 6.92 Å². The summed E-state index contributed by atoms with van der Waals surface area (Å²) < 4.78 is 6.33. The summed E-state index contributed by atoms with van der Waals surface area (Å²) in [7, 11) is 0. The van der Waals surface area contributed by atoms with Crippen molar-refractivity contribution in [3.05, 3.63) is 46.8 Å². The van der Waals surface area contributed by atoms with Crippen LogP contribution in [0.5, 0.6) is 0 Å². The van der Waals surface area contributed by atoms with Crippen molar-refractivity contribution in [1.29, 1.82) is 0 Å². The van der Waals surface area contributed by atoms with Gasteiger partial charge in [-0.3, -0.25) is 0 Å². The SMILES string of the molecule is CCCNC(c1cncnc1)c1ccc(Br)o1. The van der Waals surface area contributed by atoms with E-state index in [1.165, 1.54) is 6.33 Å². The molecule has 0 aliphatic rings. The van der Waals surface area contributed by atoms with E-state index in [0.717, 1.165) is 29.0 Å². The highest BCUT2D eigenvalue weighted by atomic mass is 79.9. The Morgan fingerprint density at radius 2 is 2.12 bits per heavy atom. The normalized spacial score (nSPS) is 12.6. The maximum absolute atomic E-state index is 5.60. The van der Waals surface area contributed by atoms with Gasteiger partial charge < -0.3 is 9.73 Å². The molecule has 0 radical (unpaired) electrons. The quantitative estimate of drug-likeness (QED) is 0.921. The molecule has 0 saturated carbocycles. The van der Waals surface area contributed by atoms with Gasteiger partial charge in [0.1, 0.15) is 12.1 Å². The predicted molar refractivity (Wildman–Crippen MR) is 68.6 cm³/mol. The Morgan fingerprint density at radius 1 is 1.35 bits per heavy atom. The molecule has 1 unspecified atom stereocenters. The van der Waals surface area contributed by atoms with Crippen molar-refractivity contribution in [1.82, 2.24) is 15.3 Å². The van der Waals surface area contributed by atoms with Gasteiger partial charge in [-0.15, -0.1) is 0 Å². The first kappa shape index (κ1) is 12.3. The maximum atomic E-state index is 5.60. The lowest BCUT2D eigenvalue weighted by Gasteiger charge is -2.15. The first-order valence-corrected chi connectivity index (χ1v) is 6.34. The summed E-state index contributed by atoms with van der Waals surface area (Å²) in [4.78, 5) is 8.08. The zero-order chi connectivity index (χ0) is 12.1. The van der Waals surface area contributed by atoms with Crippen LogP contribution >= 0.6 is 15.9 Å². The minimum absolute atomic E-state index is 0.00227. The molecule has 17 heavy (non-hydrogen) atoms. The fourth-order valence-corrected chi connectivity index (χ4v) is 1.93. The smallest absolute Gasteiger partial charge is 0.169 e. The largest absolute Gasteiger partial charge is 0.452 e. The van der Waals surface area contributed by atoms with Crippen molar-refractivity contribution in [2.24, 2.45) is 0 Å². The lowest BCUT2D eigenvalue weighted by atomic mass is 10.1. The van der Waals surface area contributed by atoms with Gasteiger partial charge in [0.25, 0.3) is 0 Å². The van der Waals surface area contributed by atoms with Gasteiger partial charge in [-0.2, -0.15) is 0 Å². The third kappa shape index (κ3) is 3.14. The van der Waals surface area contributed by atoms with Gasteiger partial charge in [0.2, 0.25) is 0 Å². The van der Waals surface area contributed by atoms with Crippen molar-refractivity contribution in [3.63, 3.8) is 0 Å². The van der Waals surface area contributed by atoms with E-state index in [0.29, 0.717) is 0 Å². The molecule has 1 atom stereocenters. The van der Waals surface area contributed by atoms with E-state index in [2.05, 4.69) is 38.1 Å². The van der Waals surface area contributed by atoms with Crippen molar-refractivity contribution < 1.29 is 4.42 Å². The molecule has 0 saturated heterocycles. The summed E-state index contributed by atoms with van der Waals surface area (Å²) in [6.07, 6.45) is 6.19. The molecule has 0 amide bonds. The van der Waals surface area contributed by atoms with E-state index in [-0.39, 0.29) is 6.04 Å². The summed E-state index contributed by atoms with van der Waals surface area (Å²) >= 11 is 3.32. The molecule has 0 fully saturated rings. The number of nitrogens with zero attached hydrogens (tertiary/aromatic N) is 2. The molecule has 1 N–H and O–H groups in total. The van der Waals surface area contributed by atoms with Crippen molar-refractivity contribution in [2.45, 2.75) is 19.4 Å². The Labute approximate surface area is 109 Å². The number of nitrogens with one attached hydrogen (secondary N) is 1. The first-order chi connectivity index (χ1) is 8.31. The lowest BCUT2D eigenvalue weighted by molar-refractivity contribution is 0.432. The topological polar surface area (TPSA) is 51.0 Å². The third-order valence-electron chi connectivity index (χ3n) is 2.39. The fourth-order valence-electron chi connectivity index (χ4n) is 1.61. The van der Waals surface area contributed by atoms with Crippen LogP contribution in [-0.4, -0.2) is 16.5 Å². The van der Waals surface area contributed by atoms with Crippen molar-refractivity contribution in [3.8, 4) is 0 Å². The van der Waals surface area contributed by atoms with E-state index in [9.17, 15) is 0 Å². The van der Waals surface area contributed by atoms with Gasteiger partial charge in [0, 0.05) is 18.0 Å². The second-order valence-corrected chi connectivity index (χ2v) is 4.48. The first-order valence-electron chi connectivity index (χ1n) is 5.54. The molecule has 0 aromatic carbocycles. The molecule has 0 bridgehead atoms. The van der Waals surface area contributed by atoms with Crippen molar-refractivity contribution in [2.75, 3.05) is 6.54 Å². The molecule has 2 heterocycles. The number of halogens is 1. The summed E-state index contributed by atoms with van der Waals surface area (Å²) in [5, 5.41) is 3.42. The molecule has 4 nitrogen and oxygen atoms in total. The number of hydrogen-bond donors (Lipinski definition) is 1. The van der Waals surface area contributed by atoms with Crippen LogP contribution in [0.1, 0.15) is 30.7 Å². The number of hydrogen-bond acceptors (Lipinski definition) is 4. The molecule has 0 aliphatic carbocycles. The molecule has 2 aromatic rings. The standard InChI is InChI=1S/C12H14BrN3O/c1-2-5-16-12(9-6-14-8-15-7-9)10-3-4-11(13)17-10/h3-4,6-8,12,16H,2,5H2,1H3. The molecule has 0 aliphatic heterocycles. The Bertz CT molecular complexity index is 458. The average molecular weight is 296 g/mol. The second kappa shape index (κ2) is 5.93. The van der Waals surface area contributed by atoms with Crippen molar-refractivity contribution >= 4 is 15.9 Å². The molecule has 5 heteroatoms. The van der Waals surface area contributed by atoms with Crippen LogP contribution in [-0.2, 0) is 0 Å². The van der Waals surface area contributed by atoms with E-state index in [4.69, 9.17) is 4.42 Å². The third-order valence-corrected chi connectivity index (χ3v) is 2.82. The molecule has 90 valence electrons. The zero-order valence-corrected chi connectivity index (χ0v) is 11.1. The van der Waals surface area contributed by atoms with E-state index in [1.807, 2.05) is 12.1 Å². The van der Waals surface area contributed by atoms with Gasteiger partial charge in [-0.05, 0) is 41.0 Å². The van der Waals surface area contributed by atoms with Crippen LogP contribution in [0.2, 0.25) is 0 Å². The molecular weight excluding hydrogens is 282 g/mol. The summed E-state index contributed by atoms with van der Waals surface area (Å²) in [5.41, 5.74) is 1.00. The molecule has 2 aromatic heterocycles. The Morgan fingerprint density at radius 3 is 2.71 bits per heavy atom. The summed E-state index contributed by atoms with van der Waals surface area (Å²) in [6.45, 7) is 3.04. The minimum Gasteiger partial charge on any atom is -0.452 e. The van der Waals surface area contributed by atoms with E-state index in [1.54, 1.807) is 12.4 Å². The number of aromatic nitrogens is 2. The van der Waals surface area contributed by atoms with Gasteiger partial charge >= 0.3 is 0 Å². The Kier molecular flexibility index (Phi) is 4.28. The van der Waals surface area contributed by atoms with Gasteiger partial charge in [0.05, 0.1) is 6.04 Å². The highest BCUT2D eigenvalue weighted by Crippen LogP contribution is 2.25. The number of furan rings is 1. The summed E-state index contributed by atoms with van der Waals surface area (Å²) in [6, 6.07) is 3.84. The second-order valence-electron chi connectivity index (χ2n) is 3.70. The summed E-state index contributed by atoms with van der Waals surface area (Å²) in [5.74, 6) is 0.861. The highest BCUT2D eigenvalue weighted by molar-refractivity contribution is 9.10. The average Bonchev–Trinajstić information content (AvgIpc) is 2.78. The fraction of sp³-hybridized carbons (Fsp3) is 0.333. The Balaban J connectivity index is 2.25. The van der Waals surface area contributed by atoms with Crippen LogP contribution < -0.4 is 5.32 Å². The monoisotopic (exact) mass is 295 g/mol. The lowest BCUT2D eigenvalue weighted by Crippen LogP contribution is -2.23. The zero-order valence-electron chi connectivity index (χ0n) is 9.56. The predicted octanol–water partition coefficient (Wildman–Crippen LogP) is 2.92. The van der Waals surface area contributed by atoms with Crippen LogP contribution in [0.3, 0.4) is 0 Å².